The lowest BCUT2D eigenvalue weighted by molar-refractivity contribution is -0.00000672. The van der Waals surface area contributed by atoms with Gasteiger partial charge in [-0.15, -0.1) is 0 Å². The van der Waals surface area contributed by atoms with Gasteiger partial charge in [-0.1, -0.05) is 12.1 Å². The molecule has 1 aliphatic rings. The summed E-state index contributed by atoms with van der Waals surface area (Å²) in [7, 11) is 1.67. The van der Waals surface area contributed by atoms with Crippen molar-refractivity contribution >= 4 is 0 Å². The highest BCUT2D eigenvalue weighted by molar-refractivity contribution is 5.46. The van der Waals surface area contributed by atoms with Crippen LogP contribution >= 0.6 is 0 Å². The molecule has 0 bridgehead atoms. The fourth-order valence-electron chi connectivity index (χ4n) is 2.45. The van der Waals surface area contributed by atoms with Crippen LogP contribution in [0.1, 0.15) is 12.5 Å². The highest BCUT2D eigenvalue weighted by atomic mass is 35.5. The average Bonchev–Trinajstić information content (AvgIpc) is 2.54. The monoisotopic (exact) mass is 329 g/mol. The van der Waals surface area contributed by atoms with Crippen LogP contribution in [0.4, 0.5) is 0 Å². The standard InChI is InChI=1S/C16H26N2O3.ClH/c1-3-21-16-14(5-4-6-15(16)19-2)13-17-7-8-18-9-11-20-12-10-18;/h4-6,17H,3,7-13H2,1-2H3;1H/p-1. The number of hydrogen-bond donors (Lipinski definition) is 1. The Labute approximate surface area is 139 Å². The lowest BCUT2D eigenvalue weighted by Crippen LogP contribution is -3.00. The Morgan fingerprint density at radius 2 is 2.05 bits per heavy atom. The van der Waals surface area contributed by atoms with E-state index in [1.807, 2.05) is 19.1 Å². The molecule has 0 aromatic heterocycles. The lowest BCUT2D eigenvalue weighted by Gasteiger charge is -2.26. The first-order valence-electron chi connectivity index (χ1n) is 7.64. The molecule has 22 heavy (non-hydrogen) atoms. The van der Waals surface area contributed by atoms with Gasteiger partial charge in [0.1, 0.15) is 0 Å². The maximum absolute atomic E-state index is 5.71. The van der Waals surface area contributed by atoms with E-state index in [1.165, 1.54) is 0 Å². The smallest absolute Gasteiger partial charge is 0.165 e. The number of para-hydroxylation sites is 1. The second-order valence-corrected chi connectivity index (χ2v) is 5.01. The van der Waals surface area contributed by atoms with Gasteiger partial charge in [0.05, 0.1) is 26.9 Å². The highest BCUT2D eigenvalue weighted by Gasteiger charge is 2.11. The van der Waals surface area contributed by atoms with Crippen LogP contribution in [0.3, 0.4) is 0 Å². The molecule has 0 spiro atoms. The minimum atomic E-state index is 0. The first-order chi connectivity index (χ1) is 10.3. The van der Waals surface area contributed by atoms with Gasteiger partial charge in [-0.05, 0) is 13.0 Å². The molecule has 126 valence electrons. The van der Waals surface area contributed by atoms with E-state index in [0.29, 0.717) is 6.61 Å². The van der Waals surface area contributed by atoms with Gasteiger partial charge >= 0.3 is 0 Å². The van der Waals surface area contributed by atoms with E-state index in [0.717, 1.165) is 63.0 Å². The maximum atomic E-state index is 5.71. The van der Waals surface area contributed by atoms with Crippen molar-refractivity contribution in [3.05, 3.63) is 23.8 Å². The number of benzene rings is 1. The van der Waals surface area contributed by atoms with E-state index >= 15 is 0 Å². The van der Waals surface area contributed by atoms with Gasteiger partial charge in [0.25, 0.3) is 0 Å². The molecule has 1 aromatic rings. The SMILES string of the molecule is CCOc1c(CNCCN2CCOCC2)cccc1OC.[Cl-]. The molecule has 1 fully saturated rings. The zero-order chi connectivity index (χ0) is 14.9. The number of nitrogens with zero attached hydrogens (tertiary/aromatic N) is 1. The molecule has 0 amide bonds. The van der Waals surface area contributed by atoms with Crippen molar-refractivity contribution in [2.24, 2.45) is 0 Å². The normalized spacial score (nSPS) is 15.2. The van der Waals surface area contributed by atoms with Gasteiger partial charge in [-0.2, -0.15) is 0 Å². The quantitative estimate of drug-likeness (QED) is 0.589. The molecular weight excluding hydrogens is 304 g/mol. The van der Waals surface area contributed by atoms with Gasteiger partial charge < -0.3 is 31.9 Å². The summed E-state index contributed by atoms with van der Waals surface area (Å²) in [4.78, 5) is 2.42. The van der Waals surface area contributed by atoms with Crippen LogP contribution in [0.15, 0.2) is 18.2 Å². The van der Waals surface area contributed by atoms with Crippen LogP contribution in [0.5, 0.6) is 11.5 Å². The van der Waals surface area contributed by atoms with Gasteiger partial charge in [0, 0.05) is 38.3 Å². The average molecular weight is 330 g/mol. The summed E-state index contributed by atoms with van der Waals surface area (Å²) in [6.45, 7) is 9.20. The Kier molecular flexibility index (Phi) is 9.24. The van der Waals surface area contributed by atoms with E-state index in [4.69, 9.17) is 14.2 Å². The first kappa shape index (κ1) is 19.0. The van der Waals surface area contributed by atoms with Crippen molar-refractivity contribution in [1.82, 2.24) is 10.2 Å². The van der Waals surface area contributed by atoms with E-state index in [2.05, 4.69) is 16.3 Å². The summed E-state index contributed by atoms with van der Waals surface area (Å²) in [5, 5.41) is 3.48. The van der Waals surface area contributed by atoms with E-state index in [-0.39, 0.29) is 12.4 Å². The van der Waals surface area contributed by atoms with Crippen LogP contribution in [0.2, 0.25) is 0 Å². The molecule has 0 atom stereocenters. The Balaban J connectivity index is 0.00000242. The summed E-state index contributed by atoms with van der Waals surface area (Å²) in [5.41, 5.74) is 1.14. The van der Waals surface area contributed by atoms with Crippen LogP contribution < -0.4 is 27.2 Å². The first-order valence-corrected chi connectivity index (χ1v) is 7.64. The highest BCUT2D eigenvalue weighted by Crippen LogP contribution is 2.30. The topological polar surface area (TPSA) is 43.0 Å². The molecule has 0 radical (unpaired) electrons. The molecule has 0 aliphatic carbocycles. The number of morpholine rings is 1. The van der Waals surface area contributed by atoms with Crippen molar-refractivity contribution in [3.8, 4) is 11.5 Å². The molecule has 0 unspecified atom stereocenters. The number of halogens is 1. The van der Waals surface area contributed by atoms with Gasteiger partial charge in [-0.3, -0.25) is 4.90 Å². The maximum Gasteiger partial charge on any atom is 0.165 e. The minimum Gasteiger partial charge on any atom is -1.00 e. The number of ether oxygens (including phenoxy) is 3. The zero-order valence-electron chi connectivity index (χ0n) is 13.4. The third-order valence-corrected chi connectivity index (χ3v) is 3.59. The Hall–Kier alpha value is -1.01. The second kappa shape index (κ2) is 10.7. The molecule has 1 N–H and O–H groups in total. The minimum absolute atomic E-state index is 0. The molecule has 0 saturated carbocycles. The predicted octanol–water partition coefficient (Wildman–Crippen LogP) is -1.48. The van der Waals surface area contributed by atoms with Gasteiger partial charge in [-0.25, -0.2) is 0 Å². The van der Waals surface area contributed by atoms with Gasteiger partial charge in [0.15, 0.2) is 11.5 Å². The molecule has 1 aliphatic heterocycles. The largest absolute Gasteiger partial charge is 1.00 e. The number of methoxy groups -OCH3 is 1. The fourth-order valence-corrected chi connectivity index (χ4v) is 2.45. The van der Waals surface area contributed by atoms with Crippen LogP contribution in [-0.2, 0) is 11.3 Å². The van der Waals surface area contributed by atoms with Crippen molar-refractivity contribution in [2.45, 2.75) is 13.5 Å². The molecule has 1 aromatic carbocycles. The fraction of sp³-hybridized carbons (Fsp3) is 0.625. The Morgan fingerprint density at radius 1 is 1.27 bits per heavy atom. The van der Waals surface area contributed by atoms with Crippen LogP contribution in [0.25, 0.3) is 0 Å². The van der Waals surface area contributed by atoms with Crippen LogP contribution in [-0.4, -0.2) is 58.0 Å². The molecule has 6 heteroatoms. The third kappa shape index (κ3) is 5.65. The summed E-state index contributed by atoms with van der Waals surface area (Å²) >= 11 is 0. The van der Waals surface area contributed by atoms with E-state index < -0.39 is 0 Å². The summed E-state index contributed by atoms with van der Waals surface area (Å²) < 4.78 is 16.4. The summed E-state index contributed by atoms with van der Waals surface area (Å²) in [5.74, 6) is 1.64. The number of rotatable bonds is 8. The second-order valence-electron chi connectivity index (χ2n) is 5.01. The predicted molar refractivity (Wildman–Crippen MR) is 83.1 cm³/mol. The van der Waals surface area contributed by atoms with Crippen molar-refractivity contribution in [3.63, 3.8) is 0 Å². The molecule has 5 nitrogen and oxygen atoms in total. The van der Waals surface area contributed by atoms with E-state index in [1.54, 1.807) is 7.11 Å². The Morgan fingerprint density at radius 3 is 2.73 bits per heavy atom. The third-order valence-electron chi connectivity index (χ3n) is 3.59. The number of hydrogen-bond acceptors (Lipinski definition) is 5. The van der Waals surface area contributed by atoms with Crippen molar-refractivity contribution < 1.29 is 26.6 Å². The van der Waals surface area contributed by atoms with Crippen molar-refractivity contribution in [2.75, 3.05) is 53.1 Å². The lowest BCUT2D eigenvalue weighted by atomic mass is 10.2. The van der Waals surface area contributed by atoms with Crippen LogP contribution in [0, 0.1) is 0 Å². The summed E-state index contributed by atoms with van der Waals surface area (Å²) in [6.07, 6.45) is 0. The van der Waals surface area contributed by atoms with Gasteiger partial charge in [0.2, 0.25) is 0 Å². The molecular formula is C16H26ClN2O3-. The molecule has 1 heterocycles. The van der Waals surface area contributed by atoms with Crippen molar-refractivity contribution in [1.29, 1.82) is 0 Å². The van der Waals surface area contributed by atoms with E-state index in [9.17, 15) is 0 Å². The molecule has 2 rings (SSSR count). The zero-order valence-corrected chi connectivity index (χ0v) is 14.2. The molecule has 1 saturated heterocycles. The summed E-state index contributed by atoms with van der Waals surface area (Å²) in [6, 6.07) is 6.01. The number of nitrogens with one attached hydrogen (secondary N) is 1. The Bertz CT molecular complexity index is 426.